The minimum Gasteiger partial charge on any atom is -0.364 e. The molecule has 168 valence electrons. The molecule has 31 heavy (non-hydrogen) atoms. The quantitative estimate of drug-likeness (QED) is 0.691. The lowest BCUT2D eigenvalue weighted by Crippen LogP contribution is -2.43. The number of benzene rings is 1. The average molecular weight is 454 g/mol. The van der Waals surface area contributed by atoms with E-state index in [-0.39, 0.29) is 35.1 Å². The van der Waals surface area contributed by atoms with E-state index in [9.17, 15) is 26.8 Å². The number of rotatable bonds is 6. The maximum atomic E-state index is 13.9. The third-order valence-corrected chi connectivity index (χ3v) is 7.35. The van der Waals surface area contributed by atoms with Crippen LogP contribution < -0.4 is 11.1 Å². The van der Waals surface area contributed by atoms with Crippen molar-refractivity contribution in [2.75, 3.05) is 13.1 Å². The van der Waals surface area contributed by atoms with E-state index in [1.165, 1.54) is 34.2 Å². The van der Waals surface area contributed by atoms with Crippen molar-refractivity contribution in [3.05, 3.63) is 53.4 Å². The molecule has 1 aromatic carbocycles. The summed E-state index contributed by atoms with van der Waals surface area (Å²) >= 11 is 0. The molecule has 8 nitrogen and oxygen atoms in total. The number of aromatic nitrogens is 1. The Kier molecular flexibility index (Phi) is 6.46. The van der Waals surface area contributed by atoms with Gasteiger partial charge in [0.15, 0.2) is 0 Å². The van der Waals surface area contributed by atoms with Crippen molar-refractivity contribution >= 4 is 21.8 Å². The summed E-state index contributed by atoms with van der Waals surface area (Å²) < 4.78 is 55.4. The molecule has 2 amide bonds. The SMILES string of the molecule is C[C@H](NC(=O)C1CCN(S(=O)(=O)c2cc(C(N)=O)n(C)c2)CC1)c1ccc(F)cc1F. The highest BCUT2D eigenvalue weighted by Crippen LogP contribution is 2.26. The number of nitrogens with one attached hydrogen (secondary N) is 1. The van der Waals surface area contributed by atoms with Gasteiger partial charge in [-0.15, -0.1) is 0 Å². The minimum absolute atomic E-state index is 0.0351. The first-order valence-electron chi connectivity index (χ1n) is 9.72. The van der Waals surface area contributed by atoms with E-state index in [1.807, 2.05) is 0 Å². The van der Waals surface area contributed by atoms with Gasteiger partial charge in [-0.1, -0.05) is 6.07 Å². The Morgan fingerprint density at radius 3 is 2.39 bits per heavy atom. The van der Waals surface area contributed by atoms with E-state index in [0.29, 0.717) is 12.8 Å². The van der Waals surface area contributed by atoms with Gasteiger partial charge in [0, 0.05) is 43.9 Å². The van der Waals surface area contributed by atoms with Crippen molar-refractivity contribution in [3.63, 3.8) is 0 Å². The number of halogens is 2. The van der Waals surface area contributed by atoms with E-state index in [4.69, 9.17) is 5.73 Å². The molecule has 1 saturated heterocycles. The zero-order chi connectivity index (χ0) is 22.9. The Bertz CT molecular complexity index is 1110. The number of aryl methyl sites for hydroxylation is 1. The summed E-state index contributed by atoms with van der Waals surface area (Å²) in [6.07, 6.45) is 1.91. The first-order chi connectivity index (χ1) is 14.5. The van der Waals surface area contributed by atoms with Crippen molar-refractivity contribution in [2.45, 2.75) is 30.7 Å². The number of primary amides is 1. The summed E-state index contributed by atoms with van der Waals surface area (Å²) in [7, 11) is -2.31. The Morgan fingerprint density at radius 1 is 1.19 bits per heavy atom. The largest absolute Gasteiger partial charge is 0.364 e. The molecule has 0 unspecified atom stereocenters. The van der Waals surface area contributed by atoms with Crippen LogP contribution in [0.15, 0.2) is 35.4 Å². The van der Waals surface area contributed by atoms with Gasteiger partial charge in [-0.3, -0.25) is 9.59 Å². The molecule has 1 fully saturated rings. The van der Waals surface area contributed by atoms with Gasteiger partial charge in [0.05, 0.1) is 6.04 Å². The van der Waals surface area contributed by atoms with Gasteiger partial charge in [0.1, 0.15) is 22.2 Å². The van der Waals surface area contributed by atoms with Crippen molar-refractivity contribution in [1.82, 2.24) is 14.2 Å². The fraction of sp³-hybridized carbons (Fsp3) is 0.400. The lowest BCUT2D eigenvalue weighted by Gasteiger charge is -2.31. The molecule has 1 aliphatic rings. The van der Waals surface area contributed by atoms with Gasteiger partial charge in [-0.25, -0.2) is 17.2 Å². The summed E-state index contributed by atoms with van der Waals surface area (Å²) in [5.74, 6) is -2.92. The molecule has 0 radical (unpaired) electrons. The minimum atomic E-state index is -3.83. The summed E-state index contributed by atoms with van der Waals surface area (Å²) in [6.45, 7) is 1.85. The van der Waals surface area contributed by atoms with Crippen LogP contribution in [-0.2, 0) is 21.9 Å². The monoisotopic (exact) mass is 454 g/mol. The van der Waals surface area contributed by atoms with Gasteiger partial charge in [0.25, 0.3) is 5.91 Å². The number of nitrogens with two attached hydrogens (primary N) is 1. The lowest BCUT2D eigenvalue weighted by atomic mass is 9.96. The van der Waals surface area contributed by atoms with E-state index >= 15 is 0 Å². The van der Waals surface area contributed by atoms with Crippen molar-refractivity contribution in [2.24, 2.45) is 18.7 Å². The maximum Gasteiger partial charge on any atom is 0.265 e. The van der Waals surface area contributed by atoms with Gasteiger partial charge in [-0.05, 0) is 31.9 Å². The smallest absolute Gasteiger partial charge is 0.265 e. The van der Waals surface area contributed by atoms with Crippen molar-refractivity contribution < 1.29 is 26.8 Å². The van der Waals surface area contributed by atoms with Gasteiger partial charge in [0.2, 0.25) is 15.9 Å². The van der Waals surface area contributed by atoms with Crippen LogP contribution >= 0.6 is 0 Å². The molecular formula is C20H24F2N4O4S. The van der Waals surface area contributed by atoms with Gasteiger partial charge >= 0.3 is 0 Å². The summed E-state index contributed by atoms with van der Waals surface area (Å²) in [5.41, 5.74) is 5.49. The second-order valence-corrected chi connectivity index (χ2v) is 9.55. The molecule has 2 heterocycles. The molecule has 3 N–H and O–H groups in total. The Labute approximate surface area is 179 Å². The van der Waals surface area contributed by atoms with Crippen LogP contribution in [-0.4, -0.2) is 42.2 Å². The van der Waals surface area contributed by atoms with Crippen molar-refractivity contribution in [3.8, 4) is 0 Å². The third kappa shape index (κ3) is 4.77. The predicted molar refractivity (Wildman–Crippen MR) is 108 cm³/mol. The van der Waals surface area contributed by atoms with Crippen molar-refractivity contribution in [1.29, 1.82) is 0 Å². The van der Waals surface area contributed by atoms with E-state index in [2.05, 4.69) is 5.32 Å². The summed E-state index contributed by atoms with van der Waals surface area (Å²) in [4.78, 5) is 23.9. The molecular weight excluding hydrogens is 430 g/mol. The number of hydrogen-bond acceptors (Lipinski definition) is 4. The zero-order valence-corrected chi connectivity index (χ0v) is 18.0. The van der Waals surface area contributed by atoms with Crippen LogP contribution in [0.1, 0.15) is 41.9 Å². The van der Waals surface area contributed by atoms with Crippen LogP contribution in [0.4, 0.5) is 8.78 Å². The second-order valence-electron chi connectivity index (χ2n) is 7.61. The maximum absolute atomic E-state index is 13.9. The summed E-state index contributed by atoms with van der Waals surface area (Å²) in [6, 6.07) is 3.73. The first-order valence-corrected chi connectivity index (χ1v) is 11.2. The molecule has 0 spiro atoms. The Morgan fingerprint density at radius 2 is 1.84 bits per heavy atom. The highest BCUT2D eigenvalue weighted by Gasteiger charge is 2.33. The topological polar surface area (TPSA) is 114 Å². The van der Waals surface area contributed by atoms with Crippen LogP contribution in [0.2, 0.25) is 0 Å². The Balaban J connectivity index is 1.62. The van der Waals surface area contributed by atoms with Crippen LogP contribution in [0, 0.1) is 17.6 Å². The normalized spacial score (nSPS) is 16.8. The standard InChI is InChI=1S/C20H24F2N4O4S/c1-12(16-4-3-14(21)9-17(16)22)24-20(28)13-5-7-26(8-6-13)31(29,30)15-10-18(19(23)27)25(2)11-15/h3-4,9-13H,5-8H2,1-2H3,(H2,23,27)(H,24,28)/t12-/m0/s1. The zero-order valence-electron chi connectivity index (χ0n) is 17.1. The number of carbonyl (C=O) groups excluding carboxylic acids is 2. The van der Waals surface area contributed by atoms with Crippen LogP contribution in [0.5, 0.6) is 0 Å². The molecule has 0 bridgehead atoms. The lowest BCUT2D eigenvalue weighted by molar-refractivity contribution is -0.126. The number of piperidine rings is 1. The number of sulfonamides is 1. The molecule has 1 aliphatic heterocycles. The fourth-order valence-electron chi connectivity index (χ4n) is 3.69. The van der Waals surface area contributed by atoms with E-state index in [0.717, 1.165) is 12.1 Å². The molecule has 0 aliphatic carbocycles. The van der Waals surface area contributed by atoms with Gasteiger partial charge in [-0.2, -0.15) is 4.31 Å². The molecule has 2 aromatic rings. The first kappa shape index (κ1) is 22.9. The number of carbonyl (C=O) groups is 2. The van der Waals surface area contributed by atoms with E-state index < -0.39 is 39.5 Å². The fourth-order valence-corrected chi connectivity index (χ4v) is 5.23. The van der Waals surface area contributed by atoms with Crippen LogP contribution in [0.25, 0.3) is 0 Å². The molecule has 0 saturated carbocycles. The predicted octanol–water partition coefficient (Wildman–Crippen LogP) is 1.68. The van der Waals surface area contributed by atoms with E-state index in [1.54, 1.807) is 6.92 Å². The Hall–Kier alpha value is -2.79. The average Bonchev–Trinajstić information content (AvgIpc) is 3.10. The number of amides is 2. The number of nitrogens with zero attached hydrogens (tertiary/aromatic N) is 2. The highest BCUT2D eigenvalue weighted by atomic mass is 32.2. The second kappa shape index (κ2) is 8.75. The number of hydrogen-bond donors (Lipinski definition) is 2. The summed E-state index contributed by atoms with van der Waals surface area (Å²) in [5, 5.41) is 2.71. The molecule has 1 atom stereocenters. The molecule has 11 heteroatoms. The highest BCUT2D eigenvalue weighted by molar-refractivity contribution is 7.89. The third-order valence-electron chi connectivity index (χ3n) is 5.48. The molecule has 1 aromatic heterocycles. The molecule has 3 rings (SSSR count). The van der Waals surface area contributed by atoms with Crippen LogP contribution in [0.3, 0.4) is 0 Å². The van der Waals surface area contributed by atoms with Gasteiger partial charge < -0.3 is 15.6 Å².